The molecule has 0 radical (unpaired) electrons. The average molecular weight is 328 g/mol. The number of hydrogen-bond donors (Lipinski definition) is 0. The van der Waals surface area contributed by atoms with E-state index in [2.05, 4.69) is 10.2 Å². The van der Waals surface area contributed by atoms with Gasteiger partial charge in [0, 0.05) is 36.9 Å². The lowest BCUT2D eigenvalue weighted by molar-refractivity contribution is -0.385. The zero-order valence-corrected chi connectivity index (χ0v) is 12.9. The lowest BCUT2D eigenvalue weighted by Crippen LogP contribution is -2.32. The zero-order chi connectivity index (χ0) is 16.9. The number of nitro groups is 1. The Morgan fingerprint density at radius 3 is 2.92 bits per heavy atom. The Labute approximate surface area is 138 Å². The highest BCUT2D eigenvalue weighted by Crippen LogP contribution is 2.21. The molecule has 8 nitrogen and oxygen atoms in total. The molecule has 1 saturated heterocycles. The van der Waals surface area contributed by atoms with Crippen LogP contribution < -0.4 is 4.74 Å². The van der Waals surface area contributed by atoms with Gasteiger partial charge in [-0.05, 0) is 6.07 Å². The van der Waals surface area contributed by atoms with Gasteiger partial charge in [-0.15, -0.1) is 5.10 Å². The van der Waals surface area contributed by atoms with Gasteiger partial charge in [-0.25, -0.2) is 0 Å². The summed E-state index contributed by atoms with van der Waals surface area (Å²) in [5, 5.41) is 18.6. The molecule has 3 rings (SSSR count). The molecule has 1 aromatic carbocycles. The molecule has 1 unspecified atom stereocenters. The van der Waals surface area contributed by atoms with E-state index in [0.29, 0.717) is 31.0 Å². The van der Waals surface area contributed by atoms with Crippen molar-refractivity contribution < 1.29 is 14.5 Å². The molecule has 1 fully saturated rings. The quantitative estimate of drug-likeness (QED) is 0.611. The second kappa shape index (κ2) is 7.03. The molecule has 1 aromatic heterocycles. The monoisotopic (exact) mass is 328 g/mol. The first-order valence-electron chi connectivity index (χ1n) is 7.58. The van der Waals surface area contributed by atoms with Crippen molar-refractivity contribution in [3.05, 3.63) is 58.3 Å². The van der Waals surface area contributed by atoms with Crippen molar-refractivity contribution in [3.63, 3.8) is 0 Å². The van der Waals surface area contributed by atoms with Crippen LogP contribution in [-0.2, 0) is 11.2 Å². The number of nitro benzene ring substituents is 1. The number of carbonyl (C=O) groups is 1. The minimum atomic E-state index is -0.466. The van der Waals surface area contributed by atoms with Gasteiger partial charge in [-0.3, -0.25) is 14.9 Å². The van der Waals surface area contributed by atoms with Crippen LogP contribution in [0.2, 0.25) is 0 Å². The number of carbonyl (C=O) groups excluding carboxylic acids is 1. The molecule has 24 heavy (non-hydrogen) atoms. The van der Waals surface area contributed by atoms with Crippen molar-refractivity contribution in [3.8, 4) is 5.88 Å². The largest absolute Gasteiger partial charge is 0.471 e. The molecule has 0 N–H and O–H groups in total. The number of likely N-dealkylation sites (tertiary alicyclic amines) is 1. The predicted molar refractivity (Wildman–Crippen MR) is 84.4 cm³/mol. The van der Waals surface area contributed by atoms with Crippen LogP contribution in [0.25, 0.3) is 0 Å². The molecule has 8 heteroatoms. The predicted octanol–water partition coefficient (Wildman–Crippen LogP) is 1.61. The Hall–Kier alpha value is -3.03. The molecule has 124 valence electrons. The summed E-state index contributed by atoms with van der Waals surface area (Å²) in [5.74, 6) is 0.282. The normalized spacial score (nSPS) is 16.8. The minimum absolute atomic E-state index is 0.00894. The standard InChI is InChI=1S/C16H16N4O4/c21-16(10-12-4-1-2-5-14(12)20(22)23)19-9-7-13(11-19)24-15-6-3-8-17-18-15/h1-6,8,13H,7,9-11H2. The van der Waals surface area contributed by atoms with Crippen molar-refractivity contribution in [2.75, 3.05) is 13.1 Å². The maximum absolute atomic E-state index is 12.4. The van der Waals surface area contributed by atoms with E-state index in [0.717, 1.165) is 0 Å². The summed E-state index contributed by atoms with van der Waals surface area (Å²) >= 11 is 0. The summed E-state index contributed by atoms with van der Waals surface area (Å²) in [6.07, 6.45) is 2.12. The van der Waals surface area contributed by atoms with E-state index in [1.165, 1.54) is 6.07 Å². The Balaban J connectivity index is 1.60. The first kappa shape index (κ1) is 15.9. The lowest BCUT2D eigenvalue weighted by atomic mass is 10.1. The number of rotatable bonds is 5. The SMILES string of the molecule is O=C(Cc1ccccc1[N+](=O)[O-])N1CCC(Oc2cccnn2)C1. The van der Waals surface area contributed by atoms with Gasteiger partial charge in [0.15, 0.2) is 0 Å². The zero-order valence-electron chi connectivity index (χ0n) is 12.9. The van der Waals surface area contributed by atoms with Crippen LogP contribution in [0, 0.1) is 10.1 Å². The van der Waals surface area contributed by atoms with Crippen LogP contribution >= 0.6 is 0 Å². The number of para-hydroxylation sites is 1. The Morgan fingerprint density at radius 1 is 1.33 bits per heavy atom. The number of amides is 1. The maximum atomic E-state index is 12.4. The second-order valence-corrected chi connectivity index (χ2v) is 5.49. The smallest absolute Gasteiger partial charge is 0.273 e. The van der Waals surface area contributed by atoms with Crippen molar-refractivity contribution in [2.45, 2.75) is 18.9 Å². The van der Waals surface area contributed by atoms with Crippen molar-refractivity contribution in [1.29, 1.82) is 0 Å². The molecule has 1 atom stereocenters. The highest BCUT2D eigenvalue weighted by Gasteiger charge is 2.29. The maximum Gasteiger partial charge on any atom is 0.273 e. The van der Waals surface area contributed by atoms with Crippen LogP contribution in [0.5, 0.6) is 5.88 Å². The molecule has 1 aliphatic heterocycles. The van der Waals surface area contributed by atoms with E-state index >= 15 is 0 Å². The molecule has 0 bridgehead atoms. The molecule has 0 spiro atoms. The van der Waals surface area contributed by atoms with Crippen LogP contribution in [0.1, 0.15) is 12.0 Å². The molecule has 0 aliphatic carbocycles. The van der Waals surface area contributed by atoms with Gasteiger partial charge in [0.05, 0.1) is 17.9 Å². The Morgan fingerprint density at radius 2 is 2.17 bits per heavy atom. The van der Waals surface area contributed by atoms with Crippen molar-refractivity contribution in [1.82, 2.24) is 15.1 Å². The fourth-order valence-electron chi connectivity index (χ4n) is 2.69. The molecule has 1 amide bonds. The minimum Gasteiger partial charge on any atom is -0.471 e. The van der Waals surface area contributed by atoms with E-state index in [9.17, 15) is 14.9 Å². The van der Waals surface area contributed by atoms with Crippen LogP contribution in [0.4, 0.5) is 5.69 Å². The van der Waals surface area contributed by atoms with Gasteiger partial charge in [0.2, 0.25) is 11.8 Å². The number of ether oxygens (including phenoxy) is 1. The molecular formula is C16H16N4O4. The first-order chi connectivity index (χ1) is 11.6. The molecule has 0 saturated carbocycles. The van der Waals surface area contributed by atoms with Gasteiger partial charge < -0.3 is 9.64 Å². The average Bonchev–Trinajstić information content (AvgIpc) is 3.05. The van der Waals surface area contributed by atoms with E-state index in [-0.39, 0.29) is 24.1 Å². The second-order valence-electron chi connectivity index (χ2n) is 5.49. The topological polar surface area (TPSA) is 98.5 Å². The number of nitrogens with zero attached hydrogens (tertiary/aromatic N) is 4. The summed E-state index contributed by atoms with van der Waals surface area (Å²) in [6.45, 7) is 1.00. The first-order valence-corrected chi connectivity index (χ1v) is 7.58. The third kappa shape index (κ3) is 3.65. The summed E-state index contributed by atoms with van der Waals surface area (Å²) in [5.41, 5.74) is 0.392. The van der Waals surface area contributed by atoms with Gasteiger partial charge in [0.1, 0.15) is 6.10 Å². The Bertz CT molecular complexity index is 738. The fraction of sp³-hybridized carbons (Fsp3) is 0.312. The highest BCUT2D eigenvalue weighted by molar-refractivity contribution is 5.80. The molecule has 2 heterocycles. The third-order valence-electron chi connectivity index (χ3n) is 3.86. The third-order valence-corrected chi connectivity index (χ3v) is 3.86. The van der Waals surface area contributed by atoms with Gasteiger partial charge in [-0.2, -0.15) is 5.10 Å². The van der Waals surface area contributed by atoms with Crippen LogP contribution in [0.15, 0.2) is 42.6 Å². The molecular weight excluding hydrogens is 312 g/mol. The number of benzene rings is 1. The summed E-state index contributed by atoms with van der Waals surface area (Å²) in [7, 11) is 0. The van der Waals surface area contributed by atoms with Gasteiger partial charge in [-0.1, -0.05) is 18.2 Å². The van der Waals surface area contributed by atoms with E-state index < -0.39 is 4.92 Å². The highest BCUT2D eigenvalue weighted by atomic mass is 16.6. The summed E-state index contributed by atoms with van der Waals surface area (Å²) in [4.78, 5) is 24.6. The van der Waals surface area contributed by atoms with E-state index in [1.54, 1.807) is 41.4 Å². The fourth-order valence-corrected chi connectivity index (χ4v) is 2.69. The molecule has 2 aromatic rings. The van der Waals surface area contributed by atoms with E-state index in [4.69, 9.17) is 4.74 Å². The number of aromatic nitrogens is 2. The van der Waals surface area contributed by atoms with Crippen LogP contribution in [0.3, 0.4) is 0 Å². The lowest BCUT2D eigenvalue weighted by Gasteiger charge is -2.17. The van der Waals surface area contributed by atoms with Crippen LogP contribution in [-0.4, -0.2) is 45.1 Å². The number of hydrogen-bond acceptors (Lipinski definition) is 6. The van der Waals surface area contributed by atoms with Crippen molar-refractivity contribution in [2.24, 2.45) is 0 Å². The Kier molecular flexibility index (Phi) is 4.64. The van der Waals surface area contributed by atoms with E-state index in [1.807, 2.05) is 0 Å². The summed E-state index contributed by atoms with van der Waals surface area (Å²) < 4.78 is 5.69. The van der Waals surface area contributed by atoms with Crippen molar-refractivity contribution >= 4 is 11.6 Å². The summed E-state index contributed by atoms with van der Waals surface area (Å²) in [6, 6.07) is 9.75. The van der Waals surface area contributed by atoms with Gasteiger partial charge in [0.25, 0.3) is 5.69 Å². The molecule has 1 aliphatic rings. The van der Waals surface area contributed by atoms with Gasteiger partial charge >= 0.3 is 0 Å².